The van der Waals surface area contributed by atoms with Gasteiger partial charge in [0, 0.05) is 0 Å². The Morgan fingerprint density at radius 2 is 1.16 bits per heavy atom. The average Bonchev–Trinajstić information content (AvgIpc) is 3.01. The fourth-order valence-electron chi connectivity index (χ4n) is 4.08. The molecule has 0 saturated heterocycles. The van der Waals surface area contributed by atoms with Gasteiger partial charge in [-0.25, -0.2) is 14.4 Å². The zero-order chi connectivity index (χ0) is 32.0. The van der Waals surface area contributed by atoms with E-state index >= 15 is 0 Å². The standard InChI is InChI=1S/C34H37F3O7/c1-3-5-7-8-9-23-41-28-18-14-25(15-19-28)24-10-12-26(13-11-24)31(38)43-29-20-16-27(17-21-29)32(39)44-30(34(35,36)37)33(40)42-22-6-4-2/h10-21,30H,3-9,22-23H2,1-2H3. The normalized spacial score (nSPS) is 11.8. The largest absolute Gasteiger partial charge is 0.494 e. The van der Waals surface area contributed by atoms with Crippen molar-refractivity contribution in [2.75, 3.05) is 13.2 Å². The van der Waals surface area contributed by atoms with Gasteiger partial charge in [0.25, 0.3) is 6.10 Å². The fourth-order valence-corrected chi connectivity index (χ4v) is 4.08. The van der Waals surface area contributed by atoms with Crippen LogP contribution in [0.25, 0.3) is 11.1 Å². The Hall–Kier alpha value is -4.34. The fraction of sp³-hybridized carbons (Fsp3) is 0.382. The topological polar surface area (TPSA) is 88.1 Å². The Bertz CT molecular complexity index is 1340. The lowest BCUT2D eigenvalue weighted by molar-refractivity contribution is -0.218. The van der Waals surface area contributed by atoms with Crippen LogP contribution in [0.2, 0.25) is 0 Å². The Balaban J connectivity index is 1.53. The zero-order valence-electron chi connectivity index (χ0n) is 24.9. The van der Waals surface area contributed by atoms with Crippen LogP contribution in [0, 0.1) is 0 Å². The van der Waals surface area contributed by atoms with Gasteiger partial charge in [0.2, 0.25) is 0 Å². The highest BCUT2D eigenvalue weighted by molar-refractivity contribution is 5.93. The number of carbonyl (C=O) groups is 3. The molecule has 0 radical (unpaired) electrons. The van der Waals surface area contributed by atoms with E-state index < -0.39 is 30.2 Å². The van der Waals surface area contributed by atoms with E-state index in [1.54, 1.807) is 31.2 Å². The van der Waals surface area contributed by atoms with E-state index in [1.165, 1.54) is 31.4 Å². The maximum Gasteiger partial charge on any atom is 0.436 e. The first-order chi connectivity index (χ1) is 21.1. The van der Waals surface area contributed by atoms with E-state index in [-0.39, 0.29) is 23.5 Å². The molecule has 0 bridgehead atoms. The summed E-state index contributed by atoms with van der Waals surface area (Å²) in [6.07, 6.45) is -1.36. The van der Waals surface area contributed by atoms with Crippen molar-refractivity contribution in [1.29, 1.82) is 0 Å². The molecule has 0 saturated carbocycles. The van der Waals surface area contributed by atoms with E-state index in [1.807, 2.05) is 24.3 Å². The van der Waals surface area contributed by atoms with Crippen molar-refractivity contribution >= 4 is 17.9 Å². The van der Waals surface area contributed by atoms with Crippen LogP contribution in [0.4, 0.5) is 13.2 Å². The molecule has 44 heavy (non-hydrogen) atoms. The lowest BCUT2D eigenvalue weighted by Gasteiger charge is -2.19. The van der Waals surface area contributed by atoms with Gasteiger partial charge in [-0.1, -0.05) is 70.2 Å². The number of halogens is 3. The summed E-state index contributed by atoms with van der Waals surface area (Å²) in [5.41, 5.74) is 1.84. The second kappa shape index (κ2) is 17.1. The third-order valence-electron chi connectivity index (χ3n) is 6.60. The molecule has 0 fully saturated rings. The molecular weight excluding hydrogens is 577 g/mol. The van der Waals surface area contributed by atoms with Crippen LogP contribution < -0.4 is 9.47 Å². The first-order valence-corrected chi connectivity index (χ1v) is 14.7. The van der Waals surface area contributed by atoms with E-state index in [0.29, 0.717) is 19.4 Å². The van der Waals surface area contributed by atoms with E-state index in [2.05, 4.69) is 16.4 Å². The number of hydrogen-bond donors (Lipinski definition) is 0. The second-order valence-electron chi connectivity index (χ2n) is 10.1. The molecule has 0 amide bonds. The highest BCUT2D eigenvalue weighted by atomic mass is 19.4. The smallest absolute Gasteiger partial charge is 0.436 e. The minimum atomic E-state index is -5.14. The molecule has 1 unspecified atom stereocenters. The quantitative estimate of drug-likeness (QED) is 0.0910. The highest BCUT2D eigenvalue weighted by Gasteiger charge is 2.49. The molecule has 10 heteroatoms. The molecule has 0 aliphatic carbocycles. The van der Waals surface area contributed by atoms with Gasteiger partial charge < -0.3 is 18.9 Å². The van der Waals surface area contributed by atoms with Crippen LogP contribution in [0.5, 0.6) is 11.5 Å². The predicted molar refractivity (Wildman–Crippen MR) is 159 cm³/mol. The van der Waals surface area contributed by atoms with Crippen molar-refractivity contribution in [2.24, 2.45) is 0 Å². The summed E-state index contributed by atoms with van der Waals surface area (Å²) in [7, 11) is 0. The minimum absolute atomic E-state index is 0.0583. The number of alkyl halides is 3. The summed E-state index contributed by atoms with van der Waals surface area (Å²) < 4.78 is 60.0. The molecule has 3 rings (SSSR count). The van der Waals surface area contributed by atoms with Crippen LogP contribution in [0.15, 0.2) is 72.8 Å². The molecule has 0 aliphatic rings. The minimum Gasteiger partial charge on any atom is -0.494 e. The summed E-state index contributed by atoms with van der Waals surface area (Å²) in [5.74, 6) is -2.88. The number of rotatable bonds is 16. The zero-order valence-corrected chi connectivity index (χ0v) is 24.9. The molecule has 0 heterocycles. The molecule has 0 spiro atoms. The Morgan fingerprint density at radius 1 is 0.636 bits per heavy atom. The van der Waals surface area contributed by atoms with E-state index in [4.69, 9.17) is 9.47 Å². The first kappa shape index (κ1) is 34.2. The van der Waals surface area contributed by atoms with Crippen molar-refractivity contribution in [3.05, 3.63) is 83.9 Å². The van der Waals surface area contributed by atoms with Crippen LogP contribution in [-0.2, 0) is 14.3 Å². The van der Waals surface area contributed by atoms with Crippen LogP contribution >= 0.6 is 0 Å². The van der Waals surface area contributed by atoms with Crippen molar-refractivity contribution in [2.45, 2.75) is 71.1 Å². The lowest BCUT2D eigenvalue weighted by atomic mass is 10.0. The summed E-state index contributed by atoms with van der Waals surface area (Å²) in [4.78, 5) is 36.8. The molecule has 0 N–H and O–H groups in total. The van der Waals surface area contributed by atoms with Crippen LogP contribution in [0.1, 0.15) is 79.5 Å². The SMILES string of the molecule is CCCCCCCOc1ccc(-c2ccc(C(=O)Oc3ccc(C(=O)OC(C(=O)OCCCC)C(F)(F)F)cc3)cc2)cc1. The number of unbranched alkanes of at least 4 members (excludes halogenated alkanes) is 5. The van der Waals surface area contributed by atoms with Crippen molar-refractivity contribution in [1.82, 2.24) is 0 Å². The Labute approximate surface area is 255 Å². The first-order valence-electron chi connectivity index (χ1n) is 14.7. The van der Waals surface area contributed by atoms with Gasteiger partial charge in [0.05, 0.1) is 24.3 Å². The summed E-state index contributed by atoms with van der Waals surface area (Å²) in [6, 6.07) is 19.2. The maximum absolute atomic E-state index is 13.3. The molecule has 7 nitrogen and oxygen atoms in total. The van der Waals surface area contributed by atoms with Crippen molar-refractivity contribution in [3.8, 4) is 22.6 Å². The number of benzene rings is 3. The monoisotopic (exact) mass is 614 g/mol. The maximum atomic E-state index is 13.3. The van der Waals surface area contributed by atoms with Crippen LogP contribution in [0.3, 0.4) is 0 Å². The van der Waals surface area contributed by atoms with Crippen LogP contribution in [-0.4, -0.2) is 43.4 Å². The van der Waals surface area contributed by atoms with Gasteiger partial charge in [-0.2, -0.15) is 13.2 Å². The number of hydrogen-bond acceptors (Lipinski definition) is 7. The number of carbonyl (C=O) groups excluding carboxylic acids is 3. The third kappa shape index (κ3) is 10.7. The van der Waals surface area contributed by atoms with Crippen molar-refractivity contribution < 1.29 is 46.5 Å². The Morgan fingerprint density at radius 3 is 1.75 bits per heavy atom. The van der Waals surface area contributed by atoms with Gasteiger partial charge in [0.15, 0.2) is 0 Å². The molecule has 1 atom stereocenters. The summed E-state index contributed by atoms with van der Waals surface area (Å²) in [5, 5.41) is 0. The van der Waals surface area contributed by atoms with Gasteiger partial charge in [-0.05, 0) is 72.5 Å². The predicted octanol–water partition coefficient (Wildman–Crippen LogP) is 8.35. The van der Waals surface area contributed by atoms with Gasteiger partial charge >= 0.3 is 24.1 Å². The summed E-state index contributed by atoms with van der Waals surface area (Å²) in [6.45, 7) is 4.43. The molecule has 236 valence electrons. The molecule has 3 aromatic carbocycles. The van der Waals surface area contributed by atoms with Gasteiger partial charge in [-0.15, -0.1) is 0 Å². The molecule has 0 aliphatic heterocycles. The number of ether oxygens (including phenoxy) is 4. The summed E-state index contributed by atoms with van der Waals surface area (Å²) >= 11 is 0. The van der Waals surface area contributed by atoms with Gasteiger partial charge in [0.1, 0.15) is 11.5 Å². The van der Waals surface area contributed by atoms with E-state index in [9.17, 15) is 27.6 Å². The molecule has 3 aromatic rings. The number of esters is 3. The second-order valence-corrected chi connectivity index (χ2v) is 10.1. The molecule has 0 aromatic heterocycles. The van der Waals surface area contributed by atoms with Crippen molar-refractivity contribution in [3.63, 3.8) is 0 Å². The lowest BCUT2D eigenvalue weighted by Crippen LogP contribution is -2.42. The molecular formula is C34H37F3O7. The highest BCUT2D eigenvalue weighted by Crippen LogP contribution is 2.26. The average molecular weight is 615 g/mol. The third-order valence-corrected chi connectivity index (χ3v) is 6.60. The van der Waals surface area contributed by atoms with E-state index in [0.717, 1.165) is 41.9 Å². The Kier molecular flexibility index (Phi) is 13.3. The van der Waals surface area contributed by atoms with Gasteiger partial charge in [-0.3, -0.25) is 0 Å².